The summed E-state index contributed by atoms with van der Waals surface area (Å²) in [7, 11) is 4.81. The van der Waals surface area contributed by atoms with E-state index in [4.69, 9.17) is 14.2 Å². The third-order valence-electron chi connectivity index (χ3n) is 6.57. The Morgan fingerprint density at radius 3 is 2.18 bits per heavy atom. The van der Waals surface area contributed by atoms with Gasteiger partial charge in [0.05, 0.1) is 27.4 Å². The third kappa shape index (κ3) is 8.57. The Labute approximate surface area is 236 Å². The minimum absolute atomic E-state index is 0.0104. The molecule has 0 fully saturated rings. The van der Waals surface area contributed by atoms with E-state index in [2.05, 4.69) is 20.8 Å². The van der Waals surface area contributed by atoms with Crippen LogP contribution in [0, 0.1) is 0 Å². The quantitative estimate of drug-likeness (QED) is 0.283. The maximum absolute atomic E-state index is 13.7. The molecular formula is C31H40N2O5S. The molecule has 1 heterocycles. The summed E-state index contributed by atoms with van der Waals surface area (Å²) in [4.78, 5) is 31.6. The summed E-state index contributed by atoms with van der Waals surface area (Å²) in [5.74, 6) is 1.02. The highest BCUT2D eigenvalue weighted by molar-refractivity contribution is 7.09. The van der Waals surface area contributed by atoms with Crippen LogP contribution in [0.3, 0.4) is 0 Å². The minimum Gasteiger partial charge on any atom is -0.493 e. The van der Waals surface area contributed by atoms with E-state index >= 15 is 0 Å². The van der Waals surface area contributed by atoms with Gasteiger partial charge in [0, 0.05) is 30.6 Å². The molecule has 39 heavy (non-hydrogen) atoms. The Morgan fingerprint density at radius 1 is 0.872 bits per heavy atom. The summed E-state index contributed by atoms with van der Waals surface area (Å²) in [6.45, 7) is 8.03. The standard InChI is InChI=1S/C31H40N2O5S/c1-31(2,3)25-12-10-24(11-13-25)30(35)33(17-18-36-4)22-29(34)32(21-26-8-7-19-39-26)16-15-23-9-14-27(37-5)28(20-23)38-6/h7-14,19-20H,15-18,21-22H2,1-6H3. The van der Waals surface area contributed by atoms with Gasteiger partial charge >= 0.3 is 0 Å². The molecule has 3 rings (SSSR count). The van der Waals surface area contributed by atoms with Crippen LogP contribution in [0.4, 0.5) is 0 Å². The van der Waals surface area contributed by atoms with Gasteiger partial charge in [0.15, 0.2) is 11.5 Å². The minimum atomic E-state index is -0.183. The Morgan fingerprint density at radius 2 is 1.59 bits per heavy atom. The zero-order chi connectivity index (χ0) is 28.4. The van der Waals surface area contributed by atoms with Crippen molar-refractivity contribution in [3.8, 4) is 11.5 Å². The van der Waals surface area contributed by atoms with Gasteiger partial charge in [-0.15, -0.1) is 11.3 Å². The van der Waals surface area contributed by atoms with Crippen molar-refractivity contribution in [3.63, 3.8) is 0 Å². The fraction of sp³-hybridized carbons (Fsp3) is 0.419. The largest absolute Gasteiger partial charge is 0.493 e. The first-order chi connectivity index (χ1) is 18.7. The van der Waals surface area contributed by atoms with Crippen molar-refractivity contribution in [1.29, 1.82) is 0 Å². The molecule has 2 aromatic carbocycles. The Bertz CT molecular complexity index is 1200. The summed E-state index contributed by atoms with van der Waals surface area (Å²) in [5, 5.41) is 2.00. The molecular weight excluding hydrogens is 512 g/mol. The van der Waals surface area contributed by atoms with E-state index in [1.807, 2.05) is 64.9 Å². The predicted octanol–water partition coefficient (Wildman–Crippen LogP) is 5.42. The first kappa shape index (κ1) is 30.2. The average Bonchev–Trinajstić information content (AvgIpc) is 3.45. The number of ether oxygens (including phenoxy) is 3. The van der Waals surface area contributed by atoms with E-state index in [1.165, 1.54) is 0 Å². The van der Waals surface area contributed by atoms with E-state index in [0.29, 0.717) is 49.7 Å². The number of carbonyl (C=O) groups is 2. The van der Waals surface area contributed by atoms with Crippen molar-refractivity contribution in [1.82, 2.24) is 9.80 Å². The van der Waals surface area contributed by atoms with Crippen LogP contribution in [0.2, 0.25) is 0 Å². The molecule has 0 aliphatic heterocycles. The van der Waals surface area contributed by atoms with Gasteiger partial charge < -0.3 is 24.0 Å². The number of rotatable bonds is 13. The van der Waals surface area contributed by atoms with Crippen LogP contribution in [0.5, 0.6) is 11.5 Å². The topological polar surface area (TPSA) is 68.3 Å². The van der Waals surface area contributed by atoms with Gasteiger partial charge in [0.2, 0.25) is 5.91 Å². The van der Waals surface area contributed by atoms with E-state index in [9.17, 15) is 9.59 Å². The zero-order valence-electron chi connectivity index (χ0n) is 23.9. The number of thiophene rings is 1. The van der Waals surface area contributed by atoms with Crippen molar-refractivity contribution >= 4 is 23.2 Å². The summed E-state index contributed by atoms with van der Waals surface area (Å²) >= 11 is 1.61. The van der Waals surface area contributed by atoms with Crippen LogP contribution in [-0.2, 0) is 27.9 Å². The molecule has 0 aliphatic carbocycles. The second-order valence-corrected chi connectivity index (χ2v) is 11.4. The normalized spacial score (nSPS) is 11.2. The van der Waals surface area contributed by atoms with E-state index in [1.54, 1.807) is 37.6 Å². The van der Waals surface area contributed by atoms with E-state index in [0.717, 1.165) is 16.0 Å². The summed E-state index contributed by atoms with van der Waals surface area (Å²) < 4.78 is 16.0. The molecule has 3 aromatic rings. The lowest BCUT2D eigenvalue weighted by Gasteiger charge is -2.28. The fourth-order valence-corrected chi connectivity index (χ4v) is 4.91. The van der Waals surface area contributed by atoms with E-state index < -0.39 is 0 Å². The first-order valence-corrected chi connectivity index (χ1v) is 13.9. The fourth-order valence-electron chi connectivity index (χ4n) is 4.20. The molecule has 0 spiro atoms. The van der Waals surface area contributed by atoms with Crippen LogP contribution < -0.4 is 9.47 Å². The number of benzene rings is 2. The zero-order valence-corrected chi connectivity index (χ0v) is 24.7. The molecule has 7 nitrogen and oxygen atoms in total. The SMILES string of the molecule is COCCN(CC(=O)N(CCc1ccc(OC)c(OC)c1)Cc1cccs1)C(=O)c1ccc(C(C)(C)C)cc1. The smallest absolute Gasteiger partial charge is 0.254 e. The van der Waals surface area contributed by atoms with Gasteiger partial charge in [0.25, 0.3) is 5.91 Å². The summed E-state index contributed by atoms with van der Waals surface area (Å²) in [5.41, 5.74) is 2.73. The Hall–Kier alpha value is -3.36. The molecule has 0 radical (unpaired) electrons. The van der Waals surface area contributed by atoms with Crippen molar-refractivity contribution < 1.29 is 23.8 Å². The lowest BCUT2D eigenvalue weighted by atomic mass is 9.86. The van der Waals surface area contributed by atoms with Crippen molar-refractivity contribution in [3.05, 3.63) is 81.5 Å². The van der Waals surface area contributed by atoms with Crippen LogP contribution in [-0.4, -0.2) is 69.2 Å². The first-order valence-electron chi connectivity index (χ1n) is 13.1. The molecule has 0 saturated heterocycles. The molecule has 210 valence electrons. The number of methoxy groups -OCH3 is 3. The molecule has 8 heteroatoms. The van der Waals surface area contributed by atoms with Crippen LogP contribution in [0.15, 0.2) is 60.0 Å². The third-order valence-corrected chi connectivity index (χ3v) is 7.44. The van der Waals surface area contributed by atoms with Crippen molar-refractivity contribution in [2.75, 3.05) is 47.6 Å². The van der Waals surface area contributed by atoms with Crippen molar-refractivity contribution in [2.45, 2.75) is 39.2 Å². The maximum atomic E-state index is 13.7. The highest BCUT2D eigenvalue weighted by Gasteiger charge is 2.24. The molecule has 0 saturated carbocycles. The highest BCUT2D eigenvalue weighted by Crippen LogP contribution is 2.28. The van der Waals surface area contributed by atoms with Gasteiger partial charge in [0.1, 0.15) is 6.54 Å². The molecule has 0 aliphatic rings. The summed E-state index contributed by atoms with van der Waals surface area (Å²) in [6.07, 6.45) is 0.637. The number of carbonyl (C=O) groups excluding carboxylic acids is 2. The molecule has 0 unspecified atom stereocenters. The van der Waals surface area contributed by atoms with Crippen LogP contribution >= 0.6 is 11.3 Å². The van der Waals surface area contributed by atoms with Crippen molar-refractivity contribution in [2.24, 2.45) is 0 Å². The lowest BCUT2D eigenvalue weighted by Crippen LogP contribution is -2.44. The van der Waals surface area contributed by atoms with Gasteiger partial charge in [-0.25, -0.2) is 0 Å². The summed E-state index contributed by atoms with van der Waals surface area (Å²) in [6, 6.07) is 17.4. The number of nitrogens with zero attached hydrogens (tertiary/aromatic N) is 2. The van der Waals surface area contributed by atoms with Crippen LogP contribution in [0.1, 0.15) is 47.1 Å². The van der Waals surface area contributed by atoms with Gasteiger partial charge in [-0.05, 0) is 58.7 Å². The number of amides is 2. The molecule has 2 amide bonds. The molecule has 0 N–H and O–H groups in total. The molecule has 1 aromatic heterocycles. The molecule has 0 atom stereocenters. The molecule has 0 bridgehead atoms. The highest BCUT2D eigenvalue weighted by atomic mass is 32.1. The van der Waals surface area contributed by atoms with Gasteiger partial charge in [-0.2, -0.15) is 0 Å². The monoisotopic (exact) mass is 552 g/mol. The van der Waals surface area contributed by atoms with Gasteiger partial charge in [-0.1, -0.05) is 45.0 Å². The second kappa shape index (κ2) is 14.1. The second-order valence-electron chi connectivity index (χ2n) is 10.4. The predicted molar refractivity (Wildman–Crippen MR) is 156 cm³/mol. The van der Waals surface area contributed by atoms with Gasteiger partial charge in [-0.3, -0.25) is 9.59 Å². The Balaban J connectivity index is 1.78. The van der Waals surface area contributed by atoms with Crippen LogP contribution in [0.25, 0.3) is 0 Å². The maximum Gasteiger partial charge on any atom is 0.254 e. The lowest BCUT2D eigenvalue weighted by molar-refractivity contribution is -0.132. The number of hydrogen-bond donors (Lipinski definition) is 0. The van der Waals surface area contributed by atoms with E-state index in [-0.39, 0.29) is 23.8 Å². The Kier molecular flexibility index (Phi) is 10.9. The average molecular weight is 553 g/mol. The number of hydrogen-bond acceptors (Lipinski definition) is 6.